The maximum Gasteiger partial charge on any atom is 0.335 e. The number of hydrogen-bond acceptors (Lipinski definition) is 3. The number of benzene rings is 3. The van der Waals surface area contributed by atoms with Gasteiger partial charge in [0.15, 0.2) is 0 Å². The fourth-order valence-electron chi connectivity index (χ4n) is 4.27. The van der Waals surface area contributed by atoms with Gasteiger partial charge in [0.1, 0.15) is 5.57 Å². The third-order valence-electron chi connectivity index (χ3n) is 5.95. The number of carbonyl (C=O) groups excluding carboxylic acids is 3. The molecule has 1 aromatic heterocycles. The molecule has 0 spiro atoms. The van der Waals surface area contributed by atoms with E-state index in [1.165, 1.54) is 5.56 Å². The standard InChI is InChI=1S/C28H23N3O3/c1-18-10-12-22(13-11-18)31-27(33)24(26(32)29-28(31)34)15-21-17-30(25-9-4-3-8-23(21)25)16-20-7-5-6-19(2)14-20/h3-15,17H,16H2,1-2H3,(H,29,32,34)/b24-15+. The second-order valence-electron chi connectivity index (χ2n) is 8.51. The summed E-state index contributed by atoms with van der Waals surface area (Å²) in [5, 5.41) is 3.21. The zero-order valence-corrected chi connectivity index (χ0v) is 18.9. The van der Waals surface area contributed by atoms with Gasteiger partial charge in [-0.15, -0.1) is 0 Å². The van der Waals surface area contributed by atoms with Crippen molar-refractivity contribution in [3.8, 4) is 0 Å². The predicted octanol–water partition coefficient (Wildman–Crippen LogP) is 4.97. The molecule has 2 heterocycles. The number of nitrogens with zero attached hydrogens (tertiary/aromatic N) is 2. The summed E-state index contributed by atoms with van der Waals surface area (Å²) in [7, 11) is 0. The van der Waals surface area contributed by atoms with Gasteiger partial charge in [-0.1, -0.05) is 65.7 Å². The van der Waals surface area contributed by atoms with Crippen molar-refractivity contribution in [2.45, 2.75) is 20.4 Å². The van der Waals surface area contributed by atoms with Crippen LogP contribution in [0.2, 0.25) is 0 Å². The number of aromatic nitrogens is 1. The predicted molar refractivity (Wildman–Crippen MR) is 132 cm³/mol. The molecule has 0 radical (unpaired) electrons. The van der Waals surface area contributed by atoms with E-state index in [2.05, 4.69) is 35.0 Å². The van der Waals surface area contributed by atoms with Gasteiger partial charge in [0.2, 0.25) is 0 Å². The lowest BCUT2D eigenvalue weighted by Gasteiger charge is -2.26. The van der Waals surface area contributed by atoms with Gasteiger partial charge >= 0.3 is 6.03 Å². The van der Waals surface area contributed by atoms with Gasteiger partial charge in [0, 0.05) is 29.2 Å². The Bertz CT molecular complexity index is 1480. The van der Waals surface area contributed by atoms with Crippen molar-refractivity contribution in [2.24, 2.45) is 0 Å². The third-order valence-corrected chi connectivity index (χ3v) is 5.95. The molecule has 6 nitrogen and oxygen atoms in total. The molecule has 4 amide bonds. The van der Waals surface area contributed by atoms with Crippen LogP contribution >= 0.6 is 0 Å². The van der Waals surface area contributed by atoms with Crippen LogP contribution < -0.4 is 10.2 Å². The second kappa shape index (κ2) is 8.48. The molecule has 0 bridgehead atoms. The number of hydrogen-bond donors (Lipinski definition) is 1. The van der Waals surface area contributed by atoms with Crippen molar-refractivity contribution in [3.63, 3.8) is 0 Å². The average Bonchev–Trinajstić information content (AvgIpc) is 3.15. The van der Waals surface area contributed by atoms with E-state index in [0.29, 0.717) is 12.2 Å². The zero-order valence-electron chi connectivity index (χ0n) is 18.9. The highest BCUT2D eigenvalue weighted by molar-refractivity contribution is 6.39. The number of para-hydroxylation sites is 1. The van der Waals surface area contributed by atoms with E-state index in [4.69, 9.17) is 0 Å². The van der Waals surface area contributed by atoms with Crippen molar-refractivity contribution in [2.75, 3.05) is 4.90 Å². The van der Waals surface area contributed by atoms with E-state index < -0.39 is 17.8 Å². The van der Waals surface area contributed by atoms with E-state index in [1.54, 1.807) is 18.2 Å². The Morgan fingerprint density at radius 3 is 2.38 bits per heavy atom. The lowest BCUT2D eigenvalue weighted by molar-refractivity contribution is -0.122. The van der Waals surface area contributed by atoms with E-state index in [9.17, 15) is 14.4 Å². The molecule has 1 fully saturated rings. The summed E-state index contributed by atoms with van der Waals surface area (Å²) in [6.45, 7) is 4.63. The maximum atomic E-state index is 13.3. The van der Waals surface area contributed by atoms with Gasteiger partial charge in [-0.2, -0.15) is 0 Å². The molecule has 4 aromatic rings. The largest absolute Gasteiger partial charge is 0.342 e. The number of anilines is 1. The minimum Gasteiger partial charge on any atom is -0.342 e. The molecular weight excluding hydrogens is 426 g/mol. The van der Waals surface area contributed by atoms with Crippen LogP contribution in [0.1, 0.15) is 22.3 Å². The third kappa shape index (κ3) is 3.90. The molecule has 1 aliphatic rings. The first-order valence-electron chi connectivity index (χ1n) is 11.0. The van der Waals surface area contributed by atoms with Crippen molar-refractivity contribution in [1.29, 1.82) is 0 Å². The Kier molecular flexibility index (Phi) is 5.34. The number of rotatable bonds is 4. The van der Waals surface area contributed by atoms with Gasteiger partial charge < -0.3 is 4.57 Å². The molecular formula is C28H23N3O3. The monoisotopic (exact) mass is 449 g/mol. The zero-order chi connectivity index (χ0) is 23.8. The highest BCUT2D eigenvalue weighted by Crippen LogP contribution is 2.27. The summed E-state index contributed by atoms with van der Waals surface area (Å²) in [6.07, 6.45) is 3.51. The first-order valence-corrected chi connectivity index (χ1v) is 11.0. The fraction of sp³-hybridized carbons (Fsp3) is 0.107. The van der Waals surface area contributed by atoms with Crippen molar-refractivity contribution in [1.82, 2.24) is 9.88 Å². The minimum atomic E-state index is -0.752. The molecule has 1 N–H and O–H groups in total. The van der Waals surface area contributed by atoms with Crippen LogP contribution in [0, 0.1) is 13.8 Å². The molecule has 5 rings (SSSR count). The topological polar surface area (TPSA) is 71.4 Å². The molecule has 0 saturated carbocycles. The van der Waals surface area contributed by atoms with Crippen LogP contribution in [0.5, 0.6) is 0 Å². The molecule has 6 heteroatoms. The summed E-state index contributed by atoms with van der Waals surface area (Å²) < 4.78 is 2.10. The summed E-state index contributed by atoms with van der Waals surface area (Å²) in [6, 6.07) is 22.4. The van der Waals surface area contributed by atoms with Crippen LogP contribution in [-0.2, 0) is 16.1 Å². The molecule has 0 unspecified atom stereocenters. The Morgan fingerprint density at radius 1 is 0.853 bits per heavy atom. The first-order chi connectivity index (χ1) is 16.4. The number of fused-ring (bicyclic) bond motifs is 1. The number of urea groups is 1. The van der Waals surface area contributed by atoms with Crippen molar-refractivity contribution >= 4 is 40.5 Å². The summed E-state index contributed by atoms with van der Waals surface area (Å²) >= 11 is 0. The molecule has 1 saturated heterocycles. The molecule has 0 aliphatic carbocycles. The number of carbonyl (C=O) groups is 3. The molecule has 1 aliphatic heterocycles. The van der Waals surface area contributed by atoms with Crippen LogP contribution in [0.3, 0.4) is 0 Å². The Morgan fingerprint density at radius 2 is 1.62 bits per heavy atom. The highest BCUT2D eigenvalue weighted by atomic mass is 16.2. The van der Waals surface area contributed by atoms with Gasteiger partial charge in [0.05, 0.1) is 5.69 Å². The van der Waals surface area contributed by atoms with E-state index >= 15 is 0 Å². The lowest BCUT2D eigenvalue weighted by atomic mass is 10.1. The van der Waals surface area contributed by atoms with E-state index in [1.807, 2.05) is 55.6 Å². The van der Waals surface area contributed by atoms with Crippen LogP contribution in [0.25, 0.3) is 17.0 Å². The van der Waals surface area contributed by atoms with E-state index in [0.717, 1.165) is 32.5 Å². The molecule has 34 heavy (non-hydrogen) atoms. The summed E-state index contributed by atoms with van der Waals surface area (Å²) in [5.41, 5.74) is 5.39. The Labute approximate surface area is 197 Å². The van der Waals surface area contributed by atoms with Crippen molar-refractivity contribution in [3.05, 3.63) is 107 Å². The SMILES string of the molecule is Cc1ccc(N2C(=O)NC(=O)/C(=C\c3cn(Cc4cccc(C)c4)c4ccccc34)C2=O)cc1. The van der Waals surface area contributed by atoms with Gasteiger partial charge in [0.25, 0.3) is 11.8 Å². The normalized spacial score (nSPS) is 15.3. The summed E-state index contributed by atoms with van der Waals surface area (Å²) in [5.74, 6) is -1.35. The second-order valence-corrected chi connectivity index (χ2v) is 8.51. The Balaban J connectivity index is 1.56. The minimum absolute atomic E-state index is 0.0846. The van der Waals surface area contributed by atoms with Gasteiger partial charge in [-0.25, -0.2) is 9.69 Å². The summed E-state index contributed by atoms with van der Waals surface area (Å²) in [4.78, 5) is 39.4. The maximum absolute atomic E-state index is 13.3. The van der Waals surface area contributed by atoms with E-state index in [-0.39, 0.29) is 5.57 Å². The Hall–Kier alpha value is -4.45. The number of nitrogens with one attached hydrogen (secondary N) is 1. The molecule has 0 atom stereocenters. The first kappa shape index (κ1) is 21.4. The lowest BCUT2D eigenvalue weighted by Crippen LogP contribution is -2.54. The average molecular weight is 450 g/mol. The highest BCUT2D eigenvalue weighted by Gasteiger charge is 2.37. The van der Waals surface area contributed by atoms with Crippen molar-refractivity contribution < 1.29 is 14.4 Å². The smallest absolute Gasteiger partial charge is 0.335 e. The number of amides is 4. The fourth-order valence-corrected chi connectivity index (χ4v) is 4.27. The molecule has 168 valence electrons. The van der Waals surface area contributed by atoms with Gasteiger partial charge in [-0.05, 0) is 43.7 Å². The number of imide groups is 2. The number of aryl methyl sites for hydroxylation is 2. The van der Waals surface area contributed by atoms with Gasteiger partial charge in [-0.3, -0.25) is 14.9 Å². The quantitative estimate of drug-likeness (QED) is 0.353. The number of barbiturate groups is 1. The van der Waals surface area contributed by atoms with Crippen LogP contribution in [0.15, 0.2) is 84.6 Å². The molecule has 3 aromatic carbocycles. The van der Waals surface area contributed by atoms with Crippen LogP contribution in [0.4, 0.5) is 10.5 Å². The van der Waals surface area contributed by atoms with Crippen LogP contribution in [-0.4, -0.2) is 22.4 Å².